The number of benzene rings is 2. The van der Waals surface area contributed by atoms with Crippen molar-refractivity contribution in [3.05, 3.63) is 65.7 Å². The van der Waals surface area contributed by atoms with Crippen LogP contribution in [0.4, 0.5) is 5.69 Å². The van der Waals surface area contributed by atoms with Crippen LogP contribution in [-0.4, -0.2) is 33.6 Å². The molecular formula is C19H21NO4S. The quantitative estimate of drug-likeness (QED) is 0.640. The predicted molar refractivity (Wildman–Crippen MR) is 99.8 cm³/mol. The van der Waals surface area contributed by atoms with Gasteiger partial charge in [-0.2, -0.15) is 0 Å². The smallest absolute Gasteiger partial charge is 0.313 e. The Morgan fingerprint density at radius 3 is 2.32 bits per heavy atom. The summed E-state index contributed by atoms with van der Waals surface area (Å²) >= 11 is 1.06. The molecule has 0 heterocycles. The van der Waals surface area contributed by atoms with Gasteiger partial charge in [-0.05, 0) is 36.1 Å². The van der Waals surface area contributed by atoms with Crippen LogP contribution in [0.5, 0.6) is 0 Å². The molecule has 3 N–H and O–H groups in total. The Balaban J connectivity index is 1.77. The first-order valence-corrected chi connectivity index (χ1v) is 9.11. The molecule has 1 unspecified atom stereocenters. The Morgan fingerprint density at radius 1 is 1.00 bits per heavy atom. The zero-order valence-electron chi connectivity index (χ0n) is 13.7. The Labute approximate surface area is 151 Å². The van der Waals surface area contributed by atoms with Crippen molar-refractivity contribution in [2.24, 2.45) is 0 Å². The van der Waals surface area contributed by atoms with E-state index in [1.807, 2.05) is 54.6 Å². The Bertz CT molecular complexity index is 688. The third-order valence-electron chi connectivity index (χ3n) is 3.59. The van der Waals surface area contributed by atoms with E-state index in [1.54, 1.807) is 0 Å². The maximum atomic E-state index is 11.7. The summed E-state index contributed by atoms with van der Waals surface area (Å²) in [6.07, 6.45) is 0.868. The minimum absolute atomic E-state index is 0.0872. The fraction of sp³-hybridized carbons (Fsp3) is 0.263. The maximum Gasteiger partial charge on any atom is 0.313 e. The number of thioether (sulfide) groups is 1. The summed E-state index contributed by atoms with van der Waals surface area (Å²) in [4.78, 5) is 22.1. The highest BCUT2D eigenvalue weighted by molar-refractivity contribution is 8.00. The van der Waals surface area contributed by atoms with Crippen molar-refractivity contribution in [1.82, 2.24) is 0 Å². The normalized spacial score (nSPS) is 11.7. The molecule has 0 aliphatic heterocycles. The van der Waals surface area contributed by atoms with E-state index in [4.69, 9.17) is 5.11 Å². The summed E-state index contributed by atoms with van der Waals surface area (Å²) in [6, 6.07) is 17.0. The van der Waals surface area contributed by atoms with E-state index in [2.05, 4.69) is 5.32 Å². The molecule has 0 aliphatic rings. The van der Waals surface area contributed by atoms with Crippen molar-refractivity contribution < 1.29 is 19.8 Å². The third-order valence-corrected chi connectivity index (χ3v) is 4.50. The zero-order valence-corrected chi connectivity index (χ0v) is 14.5. The molecule has 1 amide bonds. The number of aryl methyl sites for hydroxylation is 1. The van der Waals surface area contributed by atoms with Crippen molar-refractivity contribution in [3.8, 4) is 0 Å². The van der Waals surface area contributed by atoms with Crippen LogP contribution < -0.4 is 5.32 Å². The van der Waals surface area contributed by atoms with Crippen molar-refractivity contribution in [2.45, 2.75) is 18.9 Å². The summed E-state index contributed by atoms with van der Waals surface area (Å²) < 4.78 is 0. The molecule has 6 heteroatoms. The number of anilines is 1. The molecular weight excluding hydrogens is 338 g/mol. The molecule has 0 spiro atoms. The number of carboxylic acid groups (broad SMARTS) is 1. The van der Waals surface area contributed by atoms with Gasteiger partial charge in [0.15, 0.2) is 0 Å². The number of carbonyl (C=O) groups is 2. The minimum atomic E-state index is -0.931. The van der Waals surface area contributed by atoms with Crippen LogP contribution in [0, 0.1) is 0 Å². The molecule has 0 fully saturated rings. The fourth-order valence-electron chi connectivity index (χ4n) is 2.33. The highest BCUT2D eigenvalue weighted by Crippen LogP contribution is 2.19. The van der Waals surface area contributed by atoms with Gasteiger partial charge < -0.3 is 15.5 Å². The third kappa shape index (κ3) is 6.99. The first-order chi connectivity index (χ1) is 12.0. The lowest BCUT2D eigenvalue weighted by Crippen LogP contribution is -2.15. The second kappa shape index (κ2) is 9.86. The summed E-state index contributed by atoms with van der Waals surface area (Å²) in [7, 11) is 0. The Hall–Kier alpha value is -2.31. The standard InChI is InChI=1S/C19H21NO4S/c21-17(15-4-2-1-3-5-15)11-8-14-6-9-16(10-7-14)20-18(22)12-25-13-19(23)24/h1-7,9-10,17,21H,8,11-13H2,(H,20,22)(H,23,24). The van der Waals surface area contributed by atoms with Crippen LogP contribution in [0.25, 0.3) is 0 Å². The molecule has 2 rings (SSSR count). The summed E-state index contributed by atoms with van der Waals surface area (Å²) in [5.74, 6) is -1.13. The van der Waals surface area contributed by atoms with Gasteiger partial charge in [-0.15, -0.1) is 11.8 Å². The number of nitrogens with one attached hydrogen (secondary N) is 1. The predicted octanol–water partition coefficient (Wildman–Crippen LogP) is 3.11. The van der Waals surface area contributed by atoms with E-state index in [0.717, 1.165) is 29.3 Å². The SMILES string of the molecule is O=C(O)CSCC(=O)Nc1ccc(CCC(O)c2ccccc2)cc1. The maximum absolute atomic E-state index is 11.7. The molecule has 0 bridgehead atoms. The number of aliphatic hydroxyl groups is 1. The zero-order chi connectivity index (χ0) is 18.1. The minimum Gasteiger partial charge on any atom is -0.481 e. The average molecular weight is 359 g/mol. The van der Waals surface area contributed by atoms with Crippen molar-refractivity contribution in [1.29, 1.82) is 0 Å². The van der Waals surface area contributed by atoms with E-state index in [-0.39, 0.29) is 17.4 Å². The van der Waals surface area contributed by atoms with E-state index >= 15 is 0 Å². The summed E-state index contributed by atoms with van der Waals surface area (Å²) in [5, 5.41) is 21.4. The monoisotopic (exact) mass is 359 g/mol. The summed E-state index contributed by atoms with van der Waals surface area (Å²) in [5.41, 5.74) is 2.66. The topological polar surface area (TPSA) is 86.6 Å². The lowest BCUT2D eigenvalue weighted by molar-refractivity contribution is -0.133. The number of hydrogen-bond donors (Lipinski definition) is 3. The number of rotatable bonds is 9. The summed E-state index contributed by atoms with van der Waals surface area (Å²) in [6.45, 7) is 0. The number of carbonyl (C=O) groups excluding carboxylic acids is 1. The van der Waals surface area contributed by atoms with Crippen molar-refractivity contribution in [3.63, 3.8) is 0 Å². The first-order valence-electron chi connectivity index (χ1n) is 7.96. The van der Waals surface area contributed by atoms with Gasteiger partial charge in [0, 0.05) is 5.69 Å². The second-order valence-corrected chi connectivity index (χ2v) is 6.58. The van der Waals surface area contributed by atoms with Crippen LogP contribution >= 0.6 is 11.8 Å². The van der Waals surface area contributed by atoms with Gasteiger partial charge in [-0.3, -0.25) is 9.59 Å². The highest BCUT2D eigenvalue weighted by Gasteiger charge is 2.08. The molecule has 0 saturated heterocycles. The molecule has 0 aliphatic carbocycles. The molecule has 1 atom stereocenters. The molecule has 0 radical (unpaired) electrons. The molecule has 2 aromatic rings. The van der Waals surface area contributed by atoms with E-state index in [0.29, 0.717) is 12.1 Å². The number of hydrogen-bond acceptors (Lipinski definition) is 4. The lowest BCUT2D eigenvalue weighted by Gasteiger charge is -2.11. The first kappa shape index (κ1) is 19.0. The molecule has 0 saturated carbocycles. The van der Waals surface area contributed by atoms with Crippen LogP contribution in [0.15, 0.2) is 54.6 Å². The van der Waals surface area contributed by atoms with Gasteiger partial charge in [-0.25, -0.2) is 0 Å². The van der Waals surface area contributed by atoms with Gasteiger partial charge in [0.2, 0.25) is 5.91 Å². The number of amides is 1. The van der Waals surface area contributed by atoms with E-state index in [9.17, 15) is 14.7 Å². The van der Waals surface area contributed by atoms with Crippen LogP contribution in [-0.2, 0) is 16.0 Å². The van der Waals surface area contributed by atoms with Crippen LogP contribution in [0.3, 0.4) is 0 Å². The van der Waals surface area contributed by atoms with Crippen LogP contribution in [0.1, 0.15) is 23.7 Å². The van der Waals surface area contributed by atoms with Crippen molar-refractivity contribution >= 4 is 29.3 Å². The average Bonchev–Trinajstić information content (AvgIpc) is 2.61. The van der Waals surface area contributed by atoms with E-state index in [1.165, 1.54) is 0 Å². The van der Waals surface area contributed by atoms with Gasteiger partial charge >= 0.3 is 5.97 Å². The highest BCUT2D eigenvalue weighted by atomic mass is 32.2. The second-order valence-electron chi connectivity index (χ2n) is 5.60. The van der Waals surface area contributed by atoms with Crippen LogP contribution in [0.2, 0.25) is 0 Å². The number of carboxylic acids is 1. The van der Waals surface area contributed by atoms with Gasteiger partial charge in [0.25, 0.3) is 0 Å². The van der Waals surface area contributed by atoms with Gasteiger partial charge in [-0.1, -0.05) is 42.5 Å². The molecule has 0 aromatic heterocycles. The molecule has 5 nitrogen and oxygen atoms in total. The fourth-order valence-corrected chi connectivity index (χ4v) is 2.86. The largest absolute Gasteiger partial charge is 0.481 e. The lowest BCUT2D eigenvalue weighted by atomic mass is 10.0. The van der Waals surface area contributed by atoms with Crippen molar-refractivity contribution in [2.75, 3.05) is 16.8 Å². The molecule has 25 heavy (non-hydrogen) atoms. The molecule has 2 aromatic carbocycles. The van der Waals surface area contributed by atoms with Gasteiger partial charge in [0.05, 0.1) is 17.6 Å². The Kier molecular flexibility index (Phi) is 7.50. The molecule has 132 valence electrons. The van der Waals surface area contributed by atoms with E-state index < -0.39 is 12.1 Å². The number of aliphatic hydroxyl groups excluding tert-OH is 1. The van der Waals surface area contributed by atoms with Gasteiger partial charge in [0.1, 0.15) is 0 Å². The Morgan fingerprint density at radius 2 is 1.68 bits per heavy atom. The number of aliphatic carboxylic acids is 1.